The molecule has 15 heavy (non-hydrogen) atoms. The van der Waals surface area contributed by atoms with Crippen LogP contribution in [0.5, 0.6) is 0 Å². The summed E-state index contributed by atoms with van der Waals surface area (Å²) >= 11 is 4.20. The number of thiol groups is 1. The van der Waals surface area contributed by atoms with E-state index in [2.05, 4.69) is 41.7 Å². The number of fused-ring (bicyclic) bond motifs is 1. The van der Waals surface area contributed by atoms with Crippen LogP contribution in [0.3, 0.4) is 0 Å². The monoisotopic (exact) mass is 241 g/mol. The van der Waals surface area contributed by atoms with Gasteiger partial charge in [-0.15, -0.1) is 11.7 Å². The zero-order chi connectivity index (χ0) is 11.3. The van der Waals surface area contributed by atoms with E-state index >= 15 is 0 Å². The molecule has 0 saturated carbocycles. The predicted octanol–water partition coefficient (Wildman–Crippen LogP) is 3.99. The molecule has 0 aliphatic carbocycles. The van der Waals surface area contributed by atoms with Crippen LogP contribution >= 0.6 is 22.5 Å². The lowest BCUT2D eigenvalue weighted by atomic mass is 10.1. The third kappa shape index (κ3) is 3.16. The van der Waals surface area contributed by atoms with Crippen molar-refractivity contribution in [3.8, 4) is 0 Å². The maximum absolute atomic E-state index is 4.20. The van der Waals surface area contributed by atoms with Gasteiger partial charge in [-0.05, 0) is 29.8 Å². The summed E-state index contributed by atoms with van der Waals surface area (Å²) in [6, 6.07) is 6.63. The molecule has 2 rings (SSSR count). The summed E-state index contributed by atoms with van der Waals surface area (Å²) in [7, 11) is 1.52. The van der Waals surface area contributed by atoms with Gasteiger partial charge >= 0.3 is 0 Å². The van der Waals surface area contributed by atoms with E-state index in [-0.39, 0.29) is 0 Å². The maximum atomic E-state index is 4.20. The van der Waals surface area contributed by atoms with Crippen molar-refractivity contribution < 1.29 is 0 Å². The van der Waals surface area contributed by atoms with Crippen molar-refractivity contribution in [2.24, 2.45) is 0 Å². The molecular formula is C12H19NS2. The topological polar surface area (TPSA) is 3.24 Å². The van der Waals surface area contributed by atoms with E-state index in [1.165, 1.54) is 26.8 Å². The van der Waals surface area contributed by atoms with Crippen molar-refractivity contribution in [3.63, 3.8) is 0 Å². The Morgan fingerprint density at radius 3 is 2.53 bits per heavy atom. The lowest BCUT2D eigenvalue weighted by Gasteiger charge is -2.09. The van der Waals surface area contributed by atoms with Crippen LogP contribution in [0.4, 0.5) is 0 Å². The van der Waals surface area contributed by atoms with E-state index < -0.39 is 0 Å². The van der Waals surface area contributed by atoms with E-state index in [1.54, 1.807) is 0 Å². The first kappa shape index (κ1) is 12.9. The highest BCUT2D eigenvalue weighted by Gasteiger charge is 2.16. The van der Waals surface area contributed by atoms with Gasteiger partial charge in [-0.1, -0.05) is 37.6 Å². The fourth-order valence-corrected chi connectivity index (χ4v) is 2.39. The molecule has 0 amide bonds. The second kappa shape index (κ2) is 6.46. The Morgan fingerprint density at radius 1 is 1.27 bits per heavy atom. The first-order chi connectivity index (χ1) is 7.33. The normalized spacial score (nSPS) is 14.4. The van der Waals surface area contributed by atoms with Gasteiger partial charge in [0, 0.05) is 18.0 Å². The quantitative estimate of drug-likeness (QED) is 0.616. The summed E-state index contributed by atoms with van der Waals surface area (Å²) in [6.45, 7) is 9.57. The van der Waals surface area contributed by atoms with Crippen molar-refractivity contribution in [1.29, 1.82) is 0 Å². The van der Waals surface area contributed by atoms with E-state index in [0.717, 1.165) is 19.6 Å². The standard InChI is InChI=1S/C10H13NS2.C2H6/c1-2-11-6-8-3-4-10(13-12)5-9(8)7-11;1-2/h3-5,12H,2,6-7H2,1H3;1-2H3. The molecule has 1 aromatic rings. The van der Waals surface area contributed by atoms with Crippen molar-refractivity contribution in [1.82, 2.24) is 4.90 Å². The van der Waals surface area contributed by atoms with Crippen molar-refractivity contribution >= 4 is 22.5 Å². The Labute approximate surface area is 102 Å². The minimum Gasteiger partial charge on any atom is -0.295 e. The van der Waals surface area contributed by atoms with Gasteiger partial charge in [0.1, 0.15) is 0 Å². The number of hydrogen-bond acceptors (Lipinski definition) is 3. The van der Waals surface area contributed by atoms with Gasteiger partial charge in [0.25, 0.3) is 0 Å². The van der Waals surface area contributed by atoms with Crippen LogP contribution < -0.4 is 0 Å². The first-order valence-electron chi connectivity index (χ1n) is 5.49. The maximum Gasteiger partial charge on any atom is 0.0240 e. The van der Waals surface area contributed by atoms with Gasteiger partial charge in [-0.25, -0.2) is 0 Å². The second-order valence-electron chi connectivity index (χ2n) is 3.33. The molecule has 1 heterocycles. The van der Waals surface area contributed by atoms with Crippen LogP contribution in [0, 0.1) is 0 Å². The number of hydrogen-bond donors (Lipinski definition) is 1. The molecule has 0 unspecified atom stereocenters. The molecule has 0 bridgehead atoms. The summed E-state index contributed by atoms with van der Waals surface area (Å²) in [5, 5.41) is 0. The second-order valence-corrected chi connectivity index (χ2v) is 4.53. The first-order valence-corrected chi connectivity index (χ1v) is 7.36. The molecule has 0 fully saturated rings. The Kier molecular flexibility index (Phi) is 5.58. The number of rotatable bonds is 2. The van der Waals surface area contributed by atoms with Crippen LogP contribution in [0.15, 0.2) is 23.1 Å². The molecule has 1 aliphatic rings. The van der Waals surface area contributed by atoms with Gasteiger partial charge in [0.15, 0.2) is 0 Å². The molecule has 3 heteroatoms. The summed E-state index contributed by atoms with van der Waals surface area (Å²) in [6.07, 6.45) is 0. The summed E-state index contributed by atoms with van der Waals surface area (Å²) in [5.74, 6) is 0. The van der Waals surface area contributed by atoms with Crippen LogP contribution in [0.1, 0.15) is 31.9 Å². The molecule has 1 aliphatic heterocycles. The Bertz CT molecular complexity index is 312. The third-order valence-electron chi connectivity index (χ3n) is 2.52. The molecule has 84 valence electrons. The van der Waals surface area contributed by atoms with Gasteiger partial charge in [0.05, 0.1) is 0 Å². The molecule has 1 aromatic carbocycles. The van der Waals surface area contributed by atoms with Gasteiger partial charge in [-0.3, -0.25) is 4.90 Å². The molecule has 0 aromatic heterocycles. The van der Waals surface area contributed by atoms with E-state index in [4.69, 9.17) is 0 Å². The minimum absolute atomic E-state index is 1.11. The molecule has 0 radical (unpaired) electrons. The van der Waals surface area contributed by atoms with Gasteiger partial charge in [-0.2, -0.15) is 0 Å². The zero-order valence-corrected chi connectivity index (χ0v) is 11.4. The van der Waals surface area contributed by atoms with Crippen molar-refractivity contribution in [2.75, 3.05) is 6.54 Å². The third-order valence-corrected chi connectivity index (χ3v) is 3.62. The van der Waals surface area contributed by atoms with Crippen LogP contribution in [0.25, 0.3) is 0 Å². The summed E-state index contributed by atoms with van der Waals surface area (Å²) < 4.78 is 0. The fraction of sp³-hybridized carbons (Fsp3) is 0.500. The molecule has 0 saturated heterocycles. The zero-order valence-electron chi connectivity index (χ0n) is 9.66. The molecular weight excluding hydrogens is 222 g/mol. The van der Waals surface area contributed by atoms with Gasteiger partial charge < -0.3 is 0 Å². The van der Waals surface area contributed by atoms with Crippen LogP contribution in [0.2, 0.25) is 0 Å². The minimum atomic E-state index is 1.11. The average Bonchev–Trinajstić information content (AvgIpc) is 2.73. The molecule has 0 N–H and O–H groups in total. The number of nitrogens with zero attached hydrogens (tertiary/aromatic N) is 1. The Hall–Kier alpha value is -0.120. The Balaban J connectivity index is 0.000000531. The van der Waals surface area contributed by atoms with Crippen LogP contribution in [-0.4, -0.2) is 11.4 Å². The predicted molar refractivity (Wildman–Crippen MR) is 72.4 cm³/mol. The van der Waals surface area contributed by atoms with Crippen molar-refractivity contribution in [2.45, 2.75) is 38.8 Å². The Morgan fingerprint density at radius 2 is 1.93 bits per heavy atom. The summed E-state index contributed by atoms with van der Waals surface area (Å²) in [5.41, 5.74) is 2.95. The fourth-order valence-electron chi connectivity index (χ4n) is 1.72. The lowest BCUT2D eigenvalue weighted by molar-refractivity contribution is 0.301. The van der Waals surface area contributed by atoms with Gasteiger partial charge in [0.2, 0.25) is 0 Å². The highest BCUT2D eigenvalue weighted by Crippen LogP contribution is 2.28. The van der Waals surface area contributed by atoms with Crippen molar-refractivity contribution in [3.05, 3.63) is 29.3 Å². The lowest BCUT2D eigenvalue weighted by Crippen LogP contribution is -2.14. The molecule has 0 spiro atoms. The highest BCUT2D eigenvalue weighted by molar-refractivity contribution is 8.68. The van der Waals surface area contributed by atoms with E-state index in [0.29, 0.717) is 0 Å². The SMILES string of the molecule is CC.CCN1Cc2ccc(SS)cc2C1. The van der Waals surface area contributed by atoms with Crippen LogP contribution in [-0.2, 0) is 13.1 Å². The number of benzene rings is 1. The average molecular weight is 241 g/mol. The summed E-state index contributed by atoms with van der Waals surface area (Å²) in [4.78, 5) is 3.69. The molecule has 0 atom stereocenters. The van der Waals surface area contributed by atoms with E-state index in [9.17, 15) is 0 Å². The largest absolute Gasteiger partial charge is 0.295 e. The molecule has 1 nitrogen and oxygen atoms in total. The smallest absolute Gasteiger partial charge is 0.0240 e. The highest BCUT2D eigenvalue weighted by atomic mass is 33.1. The van der Waals surface area contributed by atoms with E-state index in [1.807, 2.05) is 13.8 Å².